The normalized spacial score (nSPS) is 10.7. The molecule has 0 aromatic heterocycles. The van der Waals surface area contributed by atoms with Crippen LogP contribution in [0, 0.1) is 0 Å². The molecule has 0 saturated carbocycles. The van der Waals surface area contributed by atoms with Crippen molar-refractivity contribution in [2.75, 3.05) is 13.7 Å². The van der Waals surface area contributed by atoms with E-state index < -0.39 is 0 Å². The van der Waals surface area contributed by atoms with Gasteiger partial charge >= 0.3 is 0 Å². The number of amides is 1. The maximum Gasteiger partial charge on any atom is 0.244 e. The van der Waals surface area contributed by atoms with Gasteiger partial charge in [-0.3, -0.25) is 4.79 Å². The number of aromatic hydroxyl groups is 3. The Hall–Kier alpha value is -3.15. The first-order chi connectivity index (χ1) is 11.5. The zero-order valence-electron chi connectivity index (χ0n) is 13.2. The summed E-state index contributed by atoms with van der Waals surface area (Å²) in [7, 11) is 1.49. The second-order valence-corrected chi connectivity index (χ2v) is 5.12. The Balaban J connectivity index is 1.88. The minimum Gasteiger partial charge on any atom is -0.508 e. The fourth-order valence-corrected chi connectivity index (χ4v) is 2.12. The molecule has 2 aromatic carbocycles. The summed E-state index contributed by atoms with van der Waals surface area (Å²) in [5.41, 5.74) is 1.48. The molecule has 24 heavy (non-hydrogen) atoms. The molecule has 0 atom stereocenters. The van der Waals surface area contributed by atoms with Crippen molar-refractivity contribution in [3.8, 4) is 23.0 Å². The summed E-state index contributed by atoms with van der Waals surface area (Å²) in [5, 5.41) is 30.8. The number of phenolic OH excluding ortho intramolecular Hbond substituents is 3. The van der Waals surface area contributed by atoms with Crippen LogP contribution in [0.25, 0.3) is 6.08 Å². The average molecular weight is 329 g/mol. The van der Waals surface area contributed by atoms with Crippen molar-refractivity contribution in [2.24, 2.45) is 0 Å². The smallest absolute Gasteiger partial charge is 0.244 e. The van der Waals surface area contributed by atoms with Gasteiger partial charge in [-0.1, -0.05) is 6.07 Å². The van der Waals surface area contributed by atoms with Gasteiger partial charge in [-0.2, -0.15) is 0 Å². The predicted molar refractivity (Wildman–Crippen MR) is 90.2 cm³/mol. The van der Waals surface area contributed by atoms with Crippen molar-refractivity contribution < 1.29 is 24.9 Å². The lowest BCUT2D eigenvalue weighted by atomic mass is 10.1. The predicted octanol–water partition coefficient (Wildman–Crippen LogP) is 2.18. The highest BCUT2D eigenvalue weighted by Gasteiger charge is 2.03. The molecule has 6 heteroatoms. The van der Waals surface area contributed by atoms with E-state index in [9.17, 15) is 20.1 Å². The van der Waals surface area contributed by atoms with Gasteiger partial charge in [0.15, 0.2) is 11.5 Å². The molecule has 0 aliphatic carbocycles. The van der Waals surface area contributed by atoms with E-state index in [2.05, 4.69) is 5.32 Å². The molecule has 126 valence electrons. The minimum absolute atomic E-state index is 0.0885. The van der Waals surface area contributed by atoms with Gasteiger partial charge < -0.3 is 25.4 Å². The van der Waals surface area contributed by atoms with E-state index in [0.717, 1.165) is 5.56 Å². The lowest BCUT2D eigenvalue weighted by Crippen LogP contribution is -2.23. The van der Waals surface area contributed by atoms with E-state index in [0.29, 0.717) is 24.3 Å². The van der Waals surface area contributed by atoms with Crippen molar-refractivity contribution in [1.29, 1.82) is 0 Å². The molecule has 2 aromatic rings. The molecule has 6 nitrogen and oxygen atoms in total. The number of nitrogens with one attached hydrogen (secondary N) is 1. The third-order valence-electron chi connectivity index (χ3n) is 3.38. The first-order valence-electron chi connectivity index (χ1n) is 7.33. The summed E-state index contributed by atoms with van der Waals surface area (Å²) in [6.07, 6.45) is 3.50. The van der Waals surface area contributed by atoms with Crippen LogP contribution in [0.15, 0.2) is 42.5 Å². The lowest BCUT2D eigenvalue weighted by molar-refractivity contribution is -0.116. The van der Waals surface area contributed by atoms with Crippen LogP contribution in [0.3, 0.4) is 0 Å². The van der Waals surface area contributed by atoms with E-state index in [1.54, 1.807) is 18.2 Å². The number of benzene rings is 2. The highest BCUT2D eigenvalue weighted by Crippen LogP contribution is 2.25. The van der Waals surface area contributed by atoms with Gasteiger partial charge in [-0.05, 0) is 42.3 Å². The minimum atomic E-state index is -0.270. The van der Waals surface area contributed by atoms with Crippen molar-refractivity contribution in [2.45, 2.75) is 6.42 Å². The van der Waals surface area contributed by atoms with Gasteiger partial charge in [0.25, 0.3) is 0 Å². The third kappa shape index (κ3) is 4.67. The zero-order valence-corrected chi connectivity index (χ0v) is 13.2. The molecular weight excluding hydrogens is 310 g/mol. The van der Waals surface area contributed by atoms with E-state index in [1.807, 2.05) is 0 Å². The molecular formula is C18H19NO5. The standard InChI is InChI=1S/C18H19NO5/c1-24-17-11-14(20)5-3-13(17)4-7-18(23)19-9-8-12-2-6-15(21)16(22)10-12/h2-7,10-11,20-22H,8-9H2,1H3,(H,19,23). The summed E-state index contributed by atoms with van der Waals surface area (Å²) >= 11 is 0. The van der Waals surface area contributed by atoms with E-state index in [4.69, 9.17) is 4.74 Å². The molecule has 0 spiro atoms. The van der Waals surface area contributed by atoms with Crippen molar-refractivity contribution in [3.05, 3.63) is 53.6 Å². The Morgan fingerprint density at radius 2 is 1.92 bits per heavy atom. The first kappa shape index (κ1) is 17.2. The van der Waals surface area contributed by atoms with Gasteiger partial charge in [-0.15, -0.1) is 0 Å². The number of hydrogen-bond donors (Lipinski definition) is 4. The third-order valence-corrected chi connectivity index (χ3v) is 3.38. The highest BCUT2D eigenvalue weighted by atomic mass is 16.5. The number of carbonyl (C=O) groups is 1. The molecule has 0 aliphatic heterocycles. The molecule has 0 heterocycles. The molecule has 0 fully saturated rings. The Labute approximate surface area is 139 Å². The van der Waals surface area contributed by atoms with Gasteiger partial charge in [0.05, 0.1) is 7.11 Å². The Morgan fingerprint density at radius 3 is 2.62 bits per heavy atom. The van der Waals surface area contributed by atoms with Crippen LogP contribution in [0.2, 0.25) is 0 Å². The van der Waals surface area contributed by atoms with Gasteiger partial charge in [0, 0.05) is 24.3 Å². The fraction of sp³-hybridized carbons (Fsp3) is 0.167. The largest absolute Gasteiger partial charge is 0.508 e. The Morgan fingerprint density at radius 1 is 1.12 bits per heavy atom. The SMILES string of the molecule is COc1cc(O)ccc1C=CC(=O)NCCc1ccc(O)c(O)c1. The average Bonchev–Trinajstić information content (AvgIpc) is 2.56. The topological polar surface area (TPSA) is 99.0 Å². The van der Waals surface area contributed by atoms with Crippen molar-refractivity contribution in [3.63, 3.8) is 0 Å². The van der Waals surface area contributed by atoms with Crippen LogP contribution in [-0.2, 0) is 11.2 Å². The van der Waals surface area contributed by atoms with Gasteiger partial charge in [0.1, 0.15) is 11.5 Å². The van der Waals surface area contributed by atoms with Crippen molar-refractivity contribution >= 4 is 12.0 Å². The van der Waals surface area contributed by atoms with Crippen LogP contribution in [0.5, 0.6) is 23.0 Å². The zero-order chi connectivity index (χ0) is 17.5. The quantitative estimate of drug-likeness (QED) is 0.481. The molecule has 4 N–H and O–H groups in total. The van der Waals surface area contributed by atoms with Gasteiger partial charge in [0.2, 0.25) is 5.91 Å². The van der Waals surface area contributed by atoms with E-state index >= 15 is 0 Å². The number of carbonyl (C=O) groups excluding carboxylic acids is 1. The number of hydrogen-bond acceptors (Lipinski definition) is 5. The monoisotopic (exact) mass is 329 g/mol. The van der Waals surface area contributed by atoms with Crippen molar-refractivity contribution in [1.82, 2.24) is 5.32 Å². The highest BCUT2D eigenvalue weighted by molar-refractivity contribution is 5.92. The van der Waals surface area contributed by atoms with Crippen LogP contribution in [-0.4, -0.2) is 34.9 Å². The van der Waals surface area contributed by atoms with E-state index in [-0.39, 0.29) is 23.2 Å². The second kappa shape index (κ2) is 7.92. The molecule has 0 bridgehead atoms. The molecule has 0 aliphatic rings. The van der Waals surface area contributed by atoms with Crippen LogP contribution >= 0.6 is 0 Å². The summed E-state index contributed by atoms with van der Waals surface area (Å²) in [5.74, 6) is -0.0657. The molecule has 0 radical (unpaired) electrons. The van der Waals surface area contributed by atoms with Crippen LogP contribution in [0.1, 0.15) is 11.1 Å². The van der Waals surface area contributed by atoms with Crippen LogP contribution < -0.4 is 10.1 Å². The Bertz CT molecular complexity index is 755. The van der Waals surface area contributed by atoms with E-state index in [1.165, 1.54) is 37.5 Å². The second-order valence-electron chi connectivity index (χ2n) is 5.12. The summed E-state index contributed by atoms with van der Waals surface area (Å²) in [4.78, 5) is 11.8. The van der Waals surface area contributed by atoms with Crippen LogP contribution in [0.4, 0.5) is 0 Å². The maximum absolute atomic E-state index is 11.8. The lowest BCUT2D eigenvalue weighted by Gasteiger charge is -2.06. The Kier molecular flexibility index (Phi) is 5.68. The maximum atomic E-state index is 11.8. The number of ether oxygens (including phenoxy) is 1. The number of methoxy groups -OCH3 is 1. The fourth-order valence-electron chi connectivity index (χ4n) is 2.12. The summed E-state index contributed by atoms with van der Waals surface area (Å²) in [6, 6.07) is 9.17. The summed E-state index contributed by atoms with van der Waals surface area (Å²) < 4.78 is 5.13. The first-order valence-corrected chi connectivity index (χ1v) is 7.33. The number of rotatable bonds is 6. The van der Waals surface area contributed by atoms with Gasteiger partial charge in [-0.25, -0.2) is 0 Å². The molecule has 1 amide bonds. The summed E-state index contributed by atoms with van der Waals surface area (Å²) in [6.45, 7) is 0.389. The molecule has 2 rings (SSSR count). The molecule has 0 unspecified atom stereocenters. The molecule has 0 saturated heterocycles. The number of phenols is 3.